The highest BCUT2D eigenvalue weighted by Gasteiger charge is 2.19. The first-order chi connectivity index (χ1) is 30.2. The first-order valence-corrected chi connectivity index (χ1v) is 20.8. The Labute approximate surface area is 353 Å². The molecule has 286 valence electrons. The Morgan fingerprint density at radius 1 is 0.311 bits per heavy atom. The molecule has 3 nitrogen and oxygen atoms in total. The summed E-state index contributed by atoms with van der Waals surface area (Å²) in [5, 5.41) is 7.23. The predicted octanol–water partition coefficient (Wildman–Crippen LogP) is 16.3. The van der Waals surface area contributed by atoms with Crippen LogP contribution < -0.4 is 4.90 Å². The average molecular weight is 779 g/mol. The highest BCUT2D eigenvalue weighted by molar-refractivity contribution is 6.22. The molecule has 61 heavy (non-hydrogen) atoms. The molecule has 0 aliphatic heterocycles. The van der Waals surface area contributed by atoms with Crippen LogP contribution in [0, 0.1) is 0 Å². The third kappa shape index (κ3) is 5.90. The van der Waals surface area contributed by atoms with Gasteiger partial charge < -0.3 is 13.9 Å². The Balaban J connectivity index is 0.967. The molecule has 0 aliphatic rings. The summed E-state index contributed by atoms with van der Waals surface area (Å²) in [4.78, 5) is 2.35. The quantitative estimate of drug-likeness (QED) is 0.161. The van der Waals surface area contributed by atoms with Crippen molar-refractivity contribution in [2.24, 2.45) is 0 Å². The largest absolute Gasteiger partial charge is 0.456 e. The zero-order valence-electron chi connectivity index (χ0n) is 33.2. The fraction of sp³-hybridized carbons (Fsp3) is 0. The van der Waals surface area contributed by atoms with Crippen LogP contribution >= 0.6 is 0 Å². The molecule has 0 N–H and O–H groups in total. The van der Waals surface area contributed by atoms with E-state index in [2.05, 4.69) is 228 Å². The van der Waals surface area contributed by atoms with Crippen molar-refractivity contribution >= 4 is 71.6 Å². The lowest BCUT2D eigenvalue weighted by molar-refractivity contribution is 0.669. The van der Waals surface area contributed by atoms with Crippen LogP contribution in [0.1, 0.15) is 0 Å². The van der Waals surface area contributed by atoms with Gasteiger partial charge in [0.25, 0.3) is 0 Å². The van der Waals surface area contributed by atoms with Crippen LogP contribution in [0.3, 0.4) is 0 Å². The van der Waals surface area contributed by atoms with Crippen molar-refractivity contribution < 1.29 is 4.42 Å². The number of para-hydroxylation sites is 3. The van der Waals surface area contributed by atoms with Crippen LogP contribution in [-0.2, 0) is 0 Å². The van der Waals surface area contributed by atoms with Gasteiger partial charge >= 0.3 is 0 Å². The molecule has 3 heteroatoms. The maximum Gasteiger partial charge on any atom is 0.135 e. The molecular formula is C58H38N2O. The van der Waals surface area contributed by atoms with Crippen molar-refractivity contribution in [3.05, 3.63) is 231 Å². The van der Waals surface area contributed by atoms with E-state index in [4.69, 9.17) is 4.42 Å². The van der Waals surface area contributed by atoms with E-state index in [1.165, 1.54) is 54.8 Å². The van der Waals surface area contributed by atoms with Gasteiger partial charge in [-0.15, -0.1) is 0 Å². The van der Waals surface area contributed by atoms with Gasteiger partial charge in [-0.25, -0.2) is 0 Å². The van der Waals surface area contributed by atoms with E-state index in [-0.39, 0.29) is 0 Å². The predicted molar refractivity (Wildman–Crippen MR) is 257 cm³/mol. The number of hydrogen-bond acceptors (Lipinski definition) is 2. The maximum absolute atomic E-state index is 6.13. The van der Waals surface area contributed by atoms with Crippen molar-refractivity contribution in [3.63, 3.8) is 0 Å². The molecule has 12 rings (SSSR count). The van der Waals surface area contributed by atoms with Crippen LogP contribution in [0.5, 0.6) is 0 Å². The van der Waals surface area contributed by atoms with Crippen molar-refractivity contribution in [2.45, 2.75) is 0 Å². The molecule has 0 bridgehead atoms. The summed E-state index contributed by atoms with van der Waals surface area (Å²) in [7, 11) is 0. The molecule has 0 radical (unpaired) electrons. The van der Waals surface area contributed by atoms with Crippen LogP contribution in [0.4, 0.5) is 17.1 Å². The third-order valence-corrected chi connectivity index (χ3v) is 12.2. The summed E-state index contributed by atoms with van der Waals surface area (Å²) in [6, 6.07) is 82.9. The Morgan fingerprint density at radius 3 is 1.49 bits per heavy atom. The average Bonchev–Trinajstić information content (AvgIpc) is 3.88. The number of hydrogen-bond donors (Lipinski definition) is 0. The van der Waals surface area contributed by atoms with E-state index in [1.807, 2.05) is 12.1 Å². The van der Waals surface area contributed by atoms with Crippen molar-refractivity contribution in [1.29, 1.82) is 0 Å². The van der Waals surface area contributed by atoms with Gasteiger partial charge in [0.1, 0.15) is 11.2 Å². The zero-order chi connectivity index (χ0) is 40.3. The van der Waals surface area contributed by atoms with Crippen LogP contribution in [0.15, 0.2) is 235 Å². The van der Waals surface area contributed by atoms with Crippen LogP contribution in [0.2, 0.25) is 0 Å². The fourth-order valence-electron chi connectivity index (χ4n) is 9.29. The molecule has 0 saturated heterocycles. The second kappa shape index (κ2) is 14.3. The Bertz CT molecular complexity index is 3550. The van der Waals surface area contributed by atoms with Gasteiger partial charge in [0.15, 0.2) is 0 Å². The van der Waals surface area contributed by atoms with Crippen molar-refractivity contribution in [1.82, 2.24) is 4.57 Å². The molecule has 2 aromatic heterocycles. The van der Waals surface area contributed by atoms with Crippen LogP contribution in [-0.4, -0.2) is 4.57 Å². The fourth-order valence-corrected chi connectivity index (χ4v) is 9.29. The van der Waals surface area contributed by atoms with Crippen molar-refractivity contribution in [2.75, 3.05) is 4.90 Å². The third-order valence-electron chi connectivity index (χ3n) is 12.2. The molecule has 0 fully saturated rings. The monoisotopic (exact) mass is 778 g/mol. The summed E-state index contributed by atoms with van der Waals surface area (Å²) in [6.07, 6.45) is 0. The van der Waals surface area contributed by atoms with Gasteiger partial charge in [-0.2, -0.15) is 0 Å². The second-order valence-electron chi connectivity index (χ2n) is 15.7. The molecule has 0 aliphatic carbocycles. The molecule has 0 atom stereocenters. The van der Waals surface area contributed by atoms with E-state index in [1.54, 1.807) is 0 Å². The molecule has 2 heterocycles. The minimum Gasteiger partial charge on any atom is -0.456 e. The SMILES string of the molecule is c1ccc(-c2ccc(N(c3ccc(-c4ccc5oc6ccccc6c5c4)cc3)c3ccc(-c4cc5c6ccccc6n(-c6ccccc6)c5c5ccccc45)cc3)cc2)cc1. The van der Waals surface area contributed by atoms with E-state index < -0.39 is 0 Å². The number of anilines is 3. The number of nitrogens with zero attached hydrogens (tertiary/aromatic N) is 2. The number of rotatable bonds is 7. The normalized spacial score (nSPS) is 11.6. The van der Waals surface area contributed by atoms with E-state index in [0.717, 1.165) is 55.8 Å². The van der Waals surface area contributed by atoms with Gasteiger partial charge in [-0.05, 0) is 118 Å². The van der Waals surface area contributed by atoms with Crippen molar-refractivity contribution in [3.8, 4) is 39.1 Å². The maximum atomic E-state index is 6.13. The summed E-state index contributed by atoms with van der Waals surface area (Å²) >= 11 is 0. The standard InChI is InChI=1S/C58H38N2O/c1-3-13-39(14-4-1)40-23-30-45(31-24-40)59(46-32-25-41(26-33-46)43-29-36-57-53(37-43)50-19-10-12-22-56(50)61-57)47-34-27-42(28-35-47)52-38-54-49-18-9-11-21-55(49)60(44-15-5-2-6-16-44)58(54)51-20-8-7-17-48(51)52/h1-38H. The van der Waals surface area contributed by atoms with Gasteiger partial charge in [0, 0.05) is 49.7 Å². The lowest BCUT2D eigenvalue weighted by Crippen LogP contribution is -2.09. The highest BCUT2D eigenvalue weighted by atomic mass is 16.3. The van der Waals surface area contributed by atoms with Crippen LogP contribution in [0.25, 0.3) is 93.6 Å². The minimum absolute atomic E-state index is 0.905. The van der Waals surface area contributed by atoms with E-state index in [9.17, 15) is 0 Å². The number of fused-ring (bicyclic) bond motifs is 8. The highest BCUT2D eigenvalue weighted by Crippen LogP contribution is 2.43. The van der Waals surface area contributed by atoms with Gasteiger partial charge in [0.2, 0.25) is 0 Å². The zero-order valence-corrected chi connectivity index (χ0v) is 33.2. The Morgan fingerprint density at radius 2 is 0.803 bits per heavy atom. The van der Waals surface area contributed by atoms with E-state index >= 15 is 0 Å². The molecule has 0 unspecified atom stereocenters. The lowest BCUT2D eigenvalue weighted by atomic mass is 9.95. The number of aromatic nitrogens is 1. The smallest absolute Gasteiger partial charge is 0.135 e. The van der Waals surface area contributed by atoms with Gasteiger partial charge in [-0.1, -0.05) is 152 Å². The summed E-state index contributed by atoms with van der Waals surface area (Å²) in [6.45, 7) is 0. The number of benzene rings is 10. The summed E-state index contributed by atoms with van der Waals surface area (Å²) < 4.78 is 8.55. The Hall–Kier alpha value is -8.14. The lowest BCUT2D eigenvalue weighted by Gasteiger charge is -2.26. The topological polar surface area (TPSA) is 21.3 Å². The molecule has 12 aromatic rings. The summed E-state index contributed by atoms with van der Waals surface area (Å²) in [5.74, 6) is 0. The number of furan rings is 1. The minimum atomic E-state index is 0.905. The summed E-state index contributed by atoms with van der Waals surface area (Å²) in [5.41, 5.74) is 15.8. The van der Waals surface area contributed by atoms with Gasteiger partial charge in [0.05, 0.1) is 11.0 Å². The first-order valence-electron chi connectivity index (χ1n) is 20.8. The molecule has 0 spiro atoms. The van der Waals surface area contributed by atoms with Gasteiger partial charge in [-0.3, -0.25) is 0 Å². The molecule has 0 saturated carbocycles. The molecule has 10 aromatic carbocycles. The second-order valence-corrected chi connectivity index (χ2v) is 15.7. The molecule has 0 amide bonds. The van der Waals surface area contributed by atoms with E-state index in [0.29, 0.717) is 0 Å². The molecular weight excluding hydrogens is 741 g/mol. The first kappa shape index (κ1) is 34.9. The Kier molecular flexibility index (Phi) is 8.17.